The largest absolute Gasteiger partial charge is 0.354 e. The predicted molar refractivity (Wildman–Crippen MR) is 65.5 cm³/mol. The number of hydrogen-bond acceptors (Lipinski definition) is 3. The molecule has 0 radical (unpaired) electrons. The average molecular weight is 236 g/mol. The van der Waals surface area contributed by atoms with Gasteiger partial charge in [0.05, 0.1) is 12.0 Å². The van der Waals surface area contributed by atoms with Crippen LogP contribution >= 0.6 is 0 Å². The van der Waals surface area contributed by atoms with Crippen molar-refractivity contribution in [3.05, 3.63) is 17.7 Å². The Morgan fingerprint density at radius 1 is 1.65 bits per heavy atom. The SMILES string of the molecule is CC(C)CNC(=O)Cn1cnc2c1CCNC2. The molecule has 2 heterocycles. The van der Waals surface area contributed by atoms with Crippen LogP contribution in [0.4, 0.5) is 0 Å². The molecular formula is C12H20N4O. The number of nitrogens with zero attached hydrogens (tertiary/aromatic N) is 2. The topological polar surface area (TPSA) is 59.0 Å². The summed E-state index contributed by atoms with van der Waals surface area (Å²) in [6.45, 7) is 7.07. The monoisotopic (exact) mass is 236 g/mol. The lowest BCUT2D eigenvalue weighted by Gasteiger charge is -2.15. The summed E-state index contributed by atoms with van der Waals surface area (Å²) < 4.78 is 1.96. The Kier molecular flexibility index (Phi) is 3.78. The molecule has 5 heteroatoms. The van der Waals surface area contributed by atoms with Gasteiger partial charge in [0.1, 0.15) is 6.54 Å². The van der Waals surface area contributed by atoms with Crippen molar-refractivity contribution >= 4 is 5.91 Å². The standard InChI is InChI=1S/C12H20N4O/c1-9(2)5-14-12(17)7-16-8-15-10-6-13-4-3-11(10)16/h8-9,13H,3-7H2,1-2H3,(H,14,17). The molecule has 0 unspecified atom stereocenters. The molecule has 1 aliphatic heterocycles. The van der Waals surface area contributed by atoms with E-state index in [-0.39, 0.29) is 5.91 Å². The highest BCUT2D eigenvalue weighted by Gasteiger charge is 2.16. The summed E-state index contributed by atoms with van der Waals surface area (Å²) in [5.74, 6) is 0.553. The maximum atomic E-state index is 11.7. The van der Waals surface area contributed by atoms with E-state index in [9.17, 15) is 4.79 Å². The van der Waals surface area contributed by atoms with Crippen LogP contribution in [0.2, 0.25) is 0 Å². The van der Waals surface area contributed by atoms with E-state index in [0.29, 0.717) is 12.5 Å². The van der Waals surface area contributed by atoms with Crippen molar-refractivity contribution in [3.8, 4) is 0 Å². The molecule has 94 valence electrons. The van der Waals surface area contributed by atoms with E-state index in [1.165, 1.54) is 5.69 Å². The fraction of sp³-hybridized carbons (Fsp3) is 0.667. The highest BCUT2D eigenvalue weighted by atomic mass is 16.1. The van der Waals surface area contributed by atoms with Gasteiger partial charge in [-0.25, -0.2) is 4.98 Å². The van der Waals surface area contributed by atoms with E-state index in [2.05, 4.69) is 29.5 Å². The second-order valence-corrected chi connectivity index (χ2v) is 4.89. The molecule has 0 aromatic carbocycles. The minimum Gasteiger partial charge on any atom is -0.354 e. The molecule has 0 saturated carbocycles. The third-order valence-corrected chi connectivity index (χ3v) is 2.89. The quantitative estimate of drug-likeness (QED) is 0.790. The zero-order valence-corrected chi connectivity index (χ0v) is 10.5. The Labute approximate surface area is 102 Å². The molecule has 1 amide bonds. The summed E-state index contributed by atoms with van der Waals surface area (Å²) in [5.41, 5.74) is 2.27. The van der Waals surface area contributed by atoms with Crippen LogP contribution in [0.15, 0.2) is 6.33 Å². The van der Waals surface area contributed by atoms with Crippen LogP contribution in [0.5, 0.6) is 0 Å². The maximum Gasteiger partial charge on any atom is 0.239 e. The van der Waals surface area contributed by atoms with Crippen molar-refractivity contribution in [2.45, 2.75) is 33.4 Å². The lowest BCUT2D eigenvalue weighted by Crippen LogP contribution is -2.32. The van der Waals surface area contributed by atoms with E-state index in [1.807, 2.05) is 4.57 Å². The number of amides is 1. The van der Waals surface area contributed by atoms with Crippen LogP contribution < -0.4 is 10.6 Å². The smallest absolute Gasteiger partial charge is 0.239 e. The number of fused-ring (bicyclic) bond motifs is 1. The van der Waals surface area contributed by atoms with Gasteiger partial charge in [-0.05, 0) is 5.92 Å². The van der Waals surface area contributed by atoms with Crippen LogP contribution in [-0.2, 0) is 24.3 Å². The number of hydrogen-bond donors (Lipinski definition) is 2. The van der Waals surface area contributed by atoms with Gasteiger partial charge < -0.3 is 15.2 Å². The normalized spacial score (nSPS) is 14.8. The average Bonchev–Trinajstić information content (AvgIpc) is 2.70. The van der Waals surface area contributed by atoms with Crippen LogP contribution in [0.1, 0.15) is 25.2 Å². The highest BCUT2D eigenvalue weighted by Crippen LogP contribution is 2.11. The molecular weight excluding hydrogens is 216 g/mol. The molecule has 0 spiro atoms. The van der Waals surface area contributed by atoms with Crippen LogP contribution in [0.3, 0.4) is 0 Å². The molecule has 1 aromatic heterocycles. The van der Waals surface area contributed by atoms with E-state index in [0.717, 1.165) is 31.7 Å². The molecule has 0 saturated heterocycles. The zero-order valence-electron chi connectivity index (χ0n) is 10.5. The molecule has 0 bridgehead atoms. The van der Waals surface area contributed by atoms with E-state index in [4.69, 9.17) is 0 Å². The Balaban J connectivity index is 1.94. The van der Waals surface area contributed by atoms with Gasteiger partial charge in [0.15, 0.2) is 0 Å². The van der Waals surface area contributed by atoms with E-state index < -0.39 is 0 Å². The first kappa shape index (κ1) is 12.1. The lowest BCUT2D eigenvalue weighted by molar-refractivity contribution is -0.121. The summed E-state index contributed by atoms with van der Waals surface area (Å²) in [6.07, 6.45) is 2.72. The third-order valence-electron chi connectivity index (χ3n) is 2.89. The molecule has 0 aliphatic carbocycles. The van der Waals surface area contributed by atoms with E-state index >= 15 is 0 Å². The van der Waals surface area contributed by atoms with Gasteiger partial charge in [-0.1, -0.05) is 13.8 Å². The van der Waals surface area contributed by atoms with Crippen molar-refractivity contribution in [2.24, 2.45) is 5.92 Å². The molecule has 5 nitrogen and oxygen atoms in total. The third kappa shape index (κ3) is 3.06. The van der Waals surface area contributed by atoms with Gasteiger partial charge in [-0.2, -0.15) is 0 Å². The van der Waals surface area contributed by atoms with Gasteiger partial charge in [-0.15, -0.1) is 0 Å². The van der Waals surface area contributed by atoms with Crippen molar-refractivity contribution in [1.29, 1.82) is 0 Å². The first-order valence-corrected chi connectivity index (χ1v) is 6.17. The van der Waals surface area contributed by atoms with Gasteiger partial charge in [0.25, 0.3) is 0 Å². The number of carbonyl (C=O) groups is 1. The summed E-state index contributed by atoms with van der Waals surface area (Å²) in [7, 11) is 0. The predicted octanol–water partition coefficient (Wildman–Crippen LogP) is 0.301. The molecule has 2 N–H and O–H groups in total. The van der Waals surface area contributed by atoms with Crippen molar-refractivity contribution < 1.29 is 4.79 Å². The number of imidazole rings is 1. The first-order valence-electron chi connectivity index (χ1n) is 6.17. The van der Waals surface area contributed by atoms with Crippen LogP contribution in [0.25, 0.3) is 0 Å². The molecule has 0 fully saturated rings. The van der Waals surface area contributed by atoms with Crippen LogP contribution in [0, 0.1) is 5.92 Å². The summed E-state index contributed by atoms with van der Waals surface area (Å²) >= 11 is 0. The fourth-order valence-electron chi connectivity index (χ4n) is 1.96. The van der Waals surface area contributed by atoms with E-state index in [1.54, 1.807) is 6.33 Å². The fourth-order valence-corrected chi connectivity index (χ4v) is 1.96. The van der Waals surface area contributed by atoms with Crippen molar-refractivity contribution in [1.82, 2.24) is 20.2 Å². The van der Waals surface area contributed by atoms with Gasteiger partial charge >= 0.3 is 0 Å². The van der Waals surface area contributed by atoms with Crippen molar-refractivity contribution in [2.75, 3.05) is 13.1 Å². The van der Waals surface area contributed by atoms with Gasteiger partial charge in [-0.3, -0.25) is 4.79 Å². The number of nitrogens with one attached hydrogen (secondary N) is 2. The maximum absolute atomic E-state index is 11.7. The number of carbonyl (C=O) groups excluding carboxylic acids is 1. The lowest BCUT2D eigenvalue weighted by atomic mass is 10.2. The molecule has 2 rings (SSSR count). The minimum absolute atomic E-state index is 0.0671. The molecule has 1 aromatic rings. The first-order chi connectivity index (χ1) is 8.16. The molecule has 1 aliphatic rings. The Morgan fingerprint density at radius 3 is 3.24 bits per heavy atom. The Hall–Kier alpha value is -1.36. The molecule has 0 atom stereocenters. The second-order valence-electron chi connectivity index (χ2n) is 4.89. The number of aromatic nitrogens is 2. The summed E-state index contributed by atoms with van der Waals surface area (Å²) in [5, 5.41) is 6.20. The Bertz CT molecular complexity index is 397. The highest BCUT2D eigenvalue weighted by molar-refractivity contribution is 5.75. The second kappa shape index (κ2) is 5.31. The zero-order chi connectivity index (χ0) is 12.3. The number of rotatable bonds is 4. The molecule has 17 heavy (non-hydrogen) atoms. The van der Waals surface area contributed by atoms with Gasteiger partial charge in [0.2, 0.25) is 5.91 Å². The summed E-state index contributed by atoms with van der Waals surface area (Å²) in [6, 6.07) is 0. The Morgan fingerprint density at radius 2 is 2.47 bits per heavy atom. The van der Waals surface area contributed by atoms with Crippen LogP contribution in [-0.4, -0.2) is 28.5 Å². The van der Waals surface area contributed by atoms with Crippen molar-refractivity contribution in [3.63, 3.8) is 0 Å². The summed E-state index contributed by atoms with van der Waals surface area (Å²) in [4.78, 5) is 16.1. The minimum atomic E-state index is 0.0671. The van der Waals surface area contributed by atoms with Gasteiger partial charge in [0, 0.05) is 31.7 Å².